The van der Waals surface area contributed by atoms with Crippen molar-refractivity contribution in [2.24, 2.45) is 5.10 Å². The third kappa shape index (κ3) is 4.92. The van der Waals surface area contributed by atoms with Crippen LogP contribution in [0.5, 0.6) is 5.75 Å². The van der Waals surface area contributed by atoms with E-state index in [1.54, 1.807) is 12.3 Å². The number of nitrogens with one attached hydrogen (secondary N) is 1. The van der Waals surface area contributed by atoms with Crippen molar-refractivity contribution in [3.05, 3.63) is 113 Å². The molecule has 0 atom stereocenters. The van der Waals surface area contributed by atoms with Crippen LogP contribution in [0.2, 0.25) is 0 Å². The van der Waals surface area contributed by atoms with Gasteiger partial charge in [0.2, 0.25) is 0 Å². The predicted molar refractivity (Wildman–Crippen MR) is 121 cm³/mol. The topological polar surface area (TPSA) is 50.7 Å². The molecule has 0 saturated carbocycles. The SMILES string of the molecule is Cc1ccc(COc2ccc(/C=N\NC(=O)c3ccc4ccccc4c3)cc2)cc1. The number of aryl methyl sites for hydroxylation is 1. The molecule has 4 heteroatoms. The van der Waals surface area contributed by atoms with Gasteiger partial charge in [0.1, 0.15) is 12.4 Å². The van der Waals surface area contributed by atoms with Crippen LogP contribution >= 0.6 is 0 Å². The Morgan fingerprint density at radius 1 is 0.900 bits per heavy atom. The summed E-state index contributed by atoms with van der Waals surface area (Å²) >= 11 is 0. The van der Waals surface area contributed by atoms with Crippen molar-refractivity contribution < 1.29 is 9.53 Å². The average molecular weight is 394 g/mol. The van der Waals surface area contributed by atoms with Crippen LogP contribution in [-0.4, -0.2) is 12.1 Å². The first kappa shape index (κ1) is 19.4. The van der Waals surface area contributed by atoms with Crippen molar-refractivity contribution in [1.82, 2.24) is 5.43 Å². The Morgan fingerprint density at radius 3 is 2.40 bits per heavy atom. The zero-order chi connectivity index (χ0) is 20.8. The van der Waals surface area contributed by atoms with Gasteiger partial charge in [-0.1, -0.05) is 60.2 Å². The van der Waals surface area contributed by atoms with Crippen LogP contribution < -0.4 is 10.2 Å². The smallest absolute Gasteiger partial charge is 0.271 e. The monoisotopic (exact) mass is 394 g/mol. The number of fused-ring (bicyclic) bond motifs is 1. The van der Waals surface area contributed by atoms with Crippen molar-refractivity contribution in [1.29, 1.82) is 0 Å². The molecule has 4 aromatic rings. The maximum absolute atomic E-state index is 12.3. The lowest BCUT2D eigenvalue weighted by molar-refractivity contribution is 0.0955. The van der Waals surface area contributed by atoms with Gasteiger partial charge in [-0.25, -0.2) is 5.43 Å². The second-order valence-corrected chi connectivity index (χ2v) is 7.10. The molecule has 0 unspecified atom stereocenters. The molecule has 0 spiro atoms. The minimum Gasteiger partial charge on any atom is -0.489 e. The highest BCUT2D eigenvalue weighted by Gasteiger charge is 2.05. The van der Waals surface area contributed by atoms with Crippen LogP contribution in [0.15, 0.2) is 96.1 Å². The van der Waals surface area contributed by atoms with E-state index >= 15 is 0 Å². The number of rotatable bonds is 6. The minimum absolute atomic E-state index is 0.241. The zero-order valence-electron chi connectivity index (χ0n) is 16.7. The maximum Gasteiger partial charge on any atom is 0.271 e. The summed E-state index contributed by atoms with van der Waals surface area (Å²) in [7, 11) is 0. The normalized spacial score (nSPS) is 11.0. The second kappa shape index (κ2) is 9.05. The third-order valence-corrected chi connectivity index (χ3v) is 4.80. The largest absolute Gasteiger partial charge is 0.489 e. The molecule has 0 aliphatic heterocycles. The van der Waals surface area contributed by atoms with Crippen molar-refractivity contribution in [2.45, 2.75) is 13.5 Å². The lowest BCUT2D eigenvalue weighted by Gasteiger charge is -2.07. The molecule has 0 aliphatic rings. The highest BCUT2D eigenvalue weighted by molar-refractivity contribution is 5.98. The van der Waals surface area contributed by atoms with Crippen molar-refractivity contribution in [3.63, 3.8) is 0 Å². The Labute approximate surface area is 175 Å². The van der Waals surface area contributed by atoms with Crippen LogP contribution in [0.25, 0.3) is 10.8 Å². The Kier molecular flexibility index (Phi) is 5.85. The quantitative estimate of drug-likeness (QED) is 0.347. The van der Waals surface area contributed by atoms with E-state index in [4.69, 9.17) is 4.74 Å². The molecule has 1 N–H and O–H groups in total. The van der Waals surface area contributed by atoms with Crippen LogP contribution in [0.3, 0.4) is 0 Å². The summed E-state index contributed by atoms with van der Waals surface area (Å²) in [5.74, 6) is 0.544. The van der Waals surface area contributed by atoms with Gasteiger partial charge in [0.05, 0.1) is 6.21 Å². The van der Waals surface area contributed by atoms with Crippen molar-refractivity contribution in [2.75, 3.05) is 0 Å². The van der Waals surface area contributed by atoms with Gasteiger partial charge in [-0.2, -0.15) is 5.10 Å². The Morgan fingerprint density at radius 2 is 1.63 bits per heavy atom. The standard InChI is InChI=1S/C26H22N2O2/c1-19-6-8-21(9-7-19)18-30-25-14-10-20(11-15-25)17-27-28-26(29)24-13-12-22-4-2-3-5-23(22)16-24/h2-17H,18H2,1H3,(H,28,29)/b27-17-. The molecule has 0 aromatic heterocycles. The predicted octanol–water partition coefficient (Wildman–Crippen LogP) is 5.49. The van der Waals surface area contributed by atoms with Gasteiger partial charge < -0.3 is 4.74 Å². The second-order valence-electron chi connectivity index (χ2n) is 7.10. The summed E-state index contributed by atoms with van der Waals surface area (Å²) in [6, 6.07) is 29.4. The van der Waals surface area contributed by atoms with E-state index in [1.165, 1.54) is 5.56 Å². The molecule has 4 aromatic carbocycles. The Hall–Kier alpha value is -3.92. The lowest BCUT2D eigenvalue weighted by Crippen LogP contribution is -2.17. The van der Waals surface area contributed by atoms with Gasteiger partial charge in [0, 0.05) is 5.56 Å². The third-order valence-electron chi connectivity index (χ3n) is 4.80. The number of carbonyl (C=O) groups excluding carboxylic acids is 1. The summed E-state index contributed by atoms with van der Waals surface area (Å²) in [6.07, 6.45) is 1.61. The van der Waals surface area contributed by atoms with Gasteiger partial charge in [-0.05, 0) is 65.2 Å². The highest BCUT2D eigenvalue weighted by Crippen LogP contribution is 2.16. The molecule has 1 amide bonds. The molecular weight excluding hydrogens is 372 g/mol. The number of hydrazone groups is 1. The van der Waals surface area contributed by atoms with Gasteiger partial charge >= 0.3 is 0 Å². The van der Waals surface area contributed by atoms with Crippen molar-refractivity contribution >= 4 is 22.9 Å². The van der Waals surface area contributed by atoms with Gasteiger partial charge in [0.15, 0.2) is 0 Å². The van der Waals surface area contributed by atoms with Crippen LogP contribution in [-0.2, 0) is 6.61 Å². The van der Waals surface area contributed by atoms with E-state index in [1.807, 2.05) is 60.7 Å². The lowest BCUT2D eigenvalue weighted by atomic mass is 10.1. The molecule has 0 saturated heterocycles. The van der Waals surface area contributed by atoms with Gasteiger partial charge in [-0.15, -0.1) is 0 Å². The van der Waals surface area contributed by atoms with Gasteiger partial charge in [-0.3, -0.25) is 4.79 Å². The van der Waals surface area contributed by atoms with E-state index in [0.29, 0.717) is 12.2 Å². The van der Waals surface area contributed by atoms with E-state index in [9.17, 15) is 4.79 Å². The van der Waals surface area contributed by atoms with E-state index in [0.717, 1.165) is 27.6 Å². The van der Waals surface area contributed by atoms with E-state index in [2.05, 4.69) is 41.7 Å². The van der Waals surface area contributed by atoms with Crippen LogP contribution in [0, 0.1) is 6.92 Å². The maximum atomic E-state index is 12.3. The number of amides is 1. The molecule has 30 heavy (non-hydrogen) atoms. The first-order valence-electron chi connectivity index (χ1n) is 9.78. The minimum atomic E-state index is -0.241. The molecular formula is C26H22N2O2. The molecule has 4 rings (SSSR count). The molecule has 0 bridgehead atoms. The highest BCUT2D eigenvalue weighted by atomic mass is 16.5. The van der Waals surface area contributed by atoms with Crippen LogP contribution in [0.1, 0.15) is 27.0 Å². The number of nitrogens with zero attached hydrogens (tertiary/aromatic N) is 1. The van der Waals surface area contributed by atoms with E-state index in [-0.39, 0.29) is 5.91 Å². The first-order valence-corrected chi connectivity index (χ1v) is 9.78. The summed E-state index contributed by atoms with van der Waals surface area (Å²) in [5.41, 5.74) is 6.38. The molecule has 0 heterocycles. The molecule has 0 radical (unpaired) electrons. The number of ether oxygens (including phenoxy) is 1. The number of carbonyl (C=O) groups is 1. The zero-order valence-corrected chi connectivity index (χ0v) is 16.7. The van der Waals surface area contributed by atoms with Crippen molar-refractivity contribution in [3.8, 4) is 5.75 Å². The number of benzene rings is 4. The van der Waals surface area contributed by atoms with Gasteiger partial charge in [0.25, 0.3) is 5.91 Å². The number of hydrogen-bond donors (Lipinski definition) is 1. The number of hydrogen-bond acceptors (Lipinski definition) is 3. The Bertz CT molecular complexity index is 1180. The molecule has 0 fully saturated rings. The fourth-order valence-corrected chi connectivity index (χ4v) is 3.06. The molecule has 148 valence electrons. The fourth-order valence-electron chi connectivity index (χ4n) is 3.06. The van der Waals surface area contributed by atoms with Crippen LogP contribution in [0.4, 0.5) is 0 Å². The molecule has 4 nitrogen and oxygen atoms in total. The summed E-state index contributed by atoms with van der Waals surface area (Å²) in [4.78, 5) is 12.3. The Balaban J connectivity index is 1.32. The molecule has 0 aliphatic carbocycles. The fraction of sp³-hybridized carbons (Fsp3) is 0.0769. The summed E-state index contributed by atoms with van der Waals surface area (Å²) < 4.78 is 5.81. The van der Waals surface area contributed by atoms with E-state index < -0.39 is 0 Å². The summed E-state index contributed by atoms with van der Waals surface area (Å²) in [6.45, 7) is 2.59. The summed E-state index contributed by atoms with van der Waals surface area (Å²) in [5, 5.41) is 6.19. The first-order chi connectivity index (χ1) is 14.7. The average Bonchev–Trinajstić information content (AvgIpc) is 2.79.